The Bertz CT molecular complexity index is 971. The lowest BCUT2D eigenvalue weighted by atomic mass is 10.0. The van der Waals surface area contributed by atoms with Crippen LogP contribution in [0.1, 0.15) is 43.5 Å². The monoisotopic (exact) mass is 418 g/mol. The molecule has 1 atom stereocenters. The van der Waals surface area contributed by atoms with Crippen LogP contribution in [0.15, 0.2) is 42.5 Å². The Balaban J connectivity index is 2.18. The molecule has 0 aliphatic carbocycles. The number of sulfonamides is 1. The third kappa shape index (κ3) is 6.49. The lowest BCUT2D eigenvalue weighted by Gasteiger charge is -2.24. The summed E-state index contributed by atoms with van der Waals surface area (Å²) in [4.78, 5) is 12.6. The van der Waals surface area contributed by atoms with E-state index in [1.807, 2.05) is 52.8 Å². The first-order valence-electron chi connectivity index (χ1n) is 9.58. The van der Waals surface area contributed by atoms with E-state index < -0.39 is 10.0 Å². The number of ether oxygens (including phenoxy) is 1. The predicted octanol–water partition coefficient (Wildman–Crippen LogP) is 3.73. The molecule has 0 radical (unpaired) electrons. The quantitative estimate of drug-likeness (QED) is 0.709. The fourth-order valence-corrected chi connectivity index (χ4v) is 3.77. The fourth-order valence-electron chi connectivity index (χ4n) is 2.92. The van der Waals surface area contributed by atoms with E-state index in [2.05, 4.69) is 5.32 Å². The molecule has 0 aliphatic rings. The number of carbonyl (C=O) groups excluding carboxylic acids is 1. The number of nitrogens with zero attached hydrogens (tertiary/aromatic N) is 1. The summed E-state index contributed by atoms with van der Waals surface area (Å²) in [5, 5.41) is 2.89. The Labute approximate surface area is 173 Å². The average molecular weight is 419 g/mol. The molecular formula is C22H30N2O4S. The number of anilines is 1. The van der Waals surface area contributed by atoms with Gasteiger partial charge in [0.2, 0.25) is 15.9 Å². The van der Waals surface area contributed by atoms with Crippen molar-refractivity contribution in [2.75, 3.05) is 17.1 Å². The molecule has 158 valence electrons. The lowest BCUT2D eigenvalue weighted by Crippen LogP contribution is -2.41. The highest BCUT2D eigenvalue weighted by Crippen LogP contribution is 2.24. The molecule has 0 fully saturated rings. The Morgan fingerprint density at radius 2 is 1.76 bits per heavy atom. The van der Waals surface area contributed by atoms with E-state index in [1.54, 1.807) is 24.3 Å². The minimum Gasteiger partial charge on any atom is -0.491 e. The smallest absolute Gasteiger partial charge is 0.241 e. The first-order valence-corrected chi connectivity index (χ1v) is 11.4. The normalized spacial score (nSPS) is 12.5. The molecule has 29 heavy (non-hydrogen) atoms. The molecule has 0 saturated heterocycles. The predicted molar refractivity (Wildman–Crippen MR) is 117 cm³/mol. The summed E-state index contributed by atoms with van der Waals surface area (Å²) in [6, 6.07) is 12.5. The standard InChI is InChI=1S/C22H30N2O4S/c1-15(2)28-21-9-7-8-20(13-21)24(29(6,26)27)14-22(25)23-18(5)19-11-10-16(3)17(4)12-19/h7-13,15,18H,14H2,1-6H3,(H,23,25). The van der Waals surface area contributed by atoms with Crippen molar-refractivity contribution in [3.8, 4) is 5.75 Å². The van der Waals surface area contributed by atoms with Crippen molar-refractivity contribution in [1.82, 2.24) is 5.32 Å². The Hall–Kier alpha value is -2.54. The second-order valence-corrected chi connectivity index (χ2v) is 9.47. The molecule has 0 heterocycles. The summed E-state index contributed by atoms with van der Waals surface area (Å²) in [6.45, 7) is 9.41. The molecule has 0 aliphatic heterocycles. The number of amides is 1. The summed E-state index contributed by atoms with van der Waals surface area (Å²) in [5.74, 6) is 0.173. The maximum absolute atomic E-state index is 12.6. The topological polar surface area (TPSA) is 75.7 Å². The second-order valence-electron chi connectivity index (χ2n) is 7.57. The largest absolute Gasteiger partial charge is 0.491 e. The minimum absolute atomic E-state index is 0.0425. The highest BCUT2D eigenvalue weighted by molar-refractivity contribution is 7.92. The van der Waals surface area contributed by atoms with Crippen LogP contribution in [0.3, 0.4) is 0 Å². The zero-order valence-corrected chi connectivity index (χ0v) is 18.7. The number of benzene rings is 2. The number of hydrogen-bond acceptors (Lipinski definition) is 4. The van der Waals surface area contributed by atoms with Crippen molar-refractivity contribution in [1.29, 1.82) is 0 Å². The molecule has 2 aromatic rings. The number of nitrogens with one attached hydrogen (secondary N) is 1. The maximum atomic E-state index is 12.6. The van der Waals surface area contributed by atoms with Gasteiger partial charge in [-0.15, -0.1) is 0 Å². The molecular weight excluding hydrogens is 388 g/mol. The third-order valence-corrected chi connectivity index (χ3v) is 5.71. The fraction of sp³-hybridized carbons (Fsp3) is 0.409. The maximum Gasteiger partial charge on any atom is 0.241 e. The highest BCUT2D eigenvalue weighted by atomic mass is 32.2. The number of aryl methyl sites for hydroxylation is 2. The van der Waals surface area contributed by atoms with E-state index in [9.17, 15) is 13.2 Å². The summed E-state index contributed by atoms with van der Waals surface area (Å²) >= 11 is 0. The number of hydrogen-bond donors (Lipinski definition) is 1. The highest BCUT2D eigenvalue weighted by Gasteiger charge is 2.22. The van der Waals surface area contributed by atoms with Crippen molar-refractivity contribution < 1.29 is 17.9 Å². The molecule has 0 spiro atoms. The van der Waals surface area contributed by atoms with E-state index in [0.717, 1.165) is 21.7 Å². The third-order valence-electron chi connectivity index (χ3n) is 4.57. The molecule has 0 saturated carbocycles. The van der Waals surface area contributed by atoms with Crippen LogP contribution >= 0.6 is 0 Å². The van der Waals surface area contributed by atoms with Crippen molar-refractivity contribution in [2.24, 2.45) is 0 Å². The zero-order chi connectivity index (χ0) is 21.8. The second kappa shape index (κ2) is 9.31. The van der Waals surface area contributed by atoms with Gasteiger partial charge in [-0.05, 0) is 63.4 Å². The Morgan fingerprint density at radius 1 is 1.07 bits per heavy atom. The van der Waals surface area contributed by atoms with Gasteiger partial charge in [0.05, 0.1) is 24.1 Å². The number of rotatable bonds is 8. The Morgan fingerprint density at radius 3 is 2.34 bits per heavy atom. The van der Waals surface area contributed by atoms with E-state index in [4.69, 9.17) is 4.74 Å². The number of carbonyl (C=O) groups is 1. The molecule has 1 amide bonds. The summed E-state index contributed by atoms with van der Waals surface area (Å²) in [7, 11) is -3.65. The first-order chi connectivity index (χ1) is 13.5. The van der Waals surface area contributed by atoms with Gasteiger partial charge in [0, 0.05) is 6.07 Å². The van der Waals surface area contributed by atoms with Gasteiger partial charge in [0.1, 0.15) is 12.3 Å². The molecule has 0 bridgehead atoms. The Kier molecular flexibility index (Phi) is 7.30. The van der Waals surface area contributed by atoms with Crippen molar-refractivity contribution in [3.63, 3.8) is 0 Å². The molecule has 1 N–H and O–H groups in total. The van der Waals surface area contributed by atoms with Crippen LogP contribution in [0.5, 0.6) is 5.75 Å². The van der Waals surface area contributed by atoms with Crippen molar-refractivity contribution in [2.45, 2.75) is 46.8 Å². The van der Waals surface area contributed by atoms with Gasteiger partial charge in [-0.3, -0.25) is 9.10 Å². The van der Waals surface area contributed by atoms with Crippen molar-refractivity contribution in [3.05, 3.63) is 59.2 Å². The van der Waals surface area contributed by atoms with Crippen LogP contribution in [0, 0.1) is 13.8 Å². The molecule has 0 aromatic heterocycles. The zero-order valence-electron chi connectivity index (χ0n) is 17.9. The van der Waals surface area contributed by atoms with Crippen LogP contribution < -0.4 is 14.4 Å². The lowest BCUT2D eigenvalue weighted by molar-refractivity contribution is -0.120. The SMILES string of the molecule is Cc1ccc(C(C)NC(=O)CN(c2cccc(OC(C)C)c2)S(C)(=O)=O)cc1C. The van der Waals surface area contributed by atoms with Gasteiger partial charge >= 0.3 is 0 Å². The molecule has 1 unspecified atom stereocenters. The molecule has 6 nitrogen and oxygen atoms in total. The molecule has 7 heteroatoms. The van der Waals surface area contributed by atoms with Gasteiger partial charge < -0.3 is 10.1 Å². The van der Waals surface area contributed by atoms with Crippen LogP contribution in [-0.4, -0.2) is 33.2 Å². The summed E-state index contributed by atoms with van der Waals surface area (Å²) in [6.07, 6.45) is 1.04. The van der Waals surface area contributed by atoms with Gasteiger partial charge in [-0.25, -0.2) is 8.42 Å². The first kappa shape index (κ1) is 22.7. The van der Waals surface area contributed by atoms with Crippen LogP contribution in [0.25, 0.3) is 0 Å². The van der Waals surface area contributed by atoms with Crippen molar-refractivity contribution >= 4 is 21.6 Å². The van der Waals surface area contributed by atoms with Gasteiger partial charge in [0.15, 0.2) is 0 Å². The molecule has 2 rings (SSSR count). The van der Waals surface area contributed by atoms with E-state index in [0.29, 0.717) is 11.4 Å². The van der Waals surface area contributed by atoms with E-state index in [1.165, 1.54) is 5.56 Å². The van der Waals surface area contributed by atoms with Crippen LogP contribution in [-0.2, 0) is 14.8 Å². The van der Waals surface area contributed by atoms with Gasteiger partial charge in [0.25, 0.3) is 0 Å². The van der Waals surface area contributed by atoms with Crippen LogP contribution in [0.2, 0.25) is 0 Å². The van der Waals surface area contributed by atoms with Gasteiger partial charge in [-0.2, -0.15) is 0 Å². The minimum atomic E-state index is -3.65. The molecule has 2 aromatic carbocycles. The van der Waals surface area contributed by atoms with Crippen LogP contribution in [0.4, 0.5) is 5.69 Å². The van der Waals surface area contributed by atoms with E-state index in [-0.39, 0.29) is 24.6 Å². The summed E-state index contributed by atoms with van der Waals surface area (Å²) < 4.78 is 31.4. The van der Waals surface area contributed by atoms with E-state index >= 15 is 0 Å². The average Bonchev–Trinajstić information content (AvgIpc) is 2.60. The van der Waals surface area contributed by atoms with Gasteiger partial charge in [-0.1, -0.05) is 24.3 Å². The summed E-state index contributed by atoms with van der Waals surface area (Å²) in [5.41, 5.74) is 3.68.